The van der Waals surface area contributed by atoms with Gasteiger partial charge in [-0.1, -0.05) is 18.2 Å². The van der Waals surface area contributed by atoms with Crippen LogP contribution in [0, 0.1) is 5.82 Å². The fourth-order valence-corrected chi connectivity index (χ4v) is 3.38. The van der Waals surface area contributed by atoms with Crippen LogP contribution in [0.25, 0.3) is 0 Å². The van der Waals surface area contributed by atoms with Crippen molar-refractivity contribution in [2.75, 3.05) is 11.4 Å². The van der Waals surface area contributed by atoms with Crippen LogP contribution in [-0.2, 0) is 19.6 Å². The standard InChI is InChI=1S/C21H18F4N4O/c22-17-6-4-14(5-7-17)9-29-11-16-10-28(12-19(16)27-29)18-3-1-2-15(8-18)20(30)26-13-21(23,24)25/h1-8,11H,9-10,12-13H2,(H,26,30). The van der Waals surface area contributed by atoms with E-state index in [-0.39, 0.29) is 11.4 Å². The molecular formula is C21H18F4N4O. The van der Waals surface area contributed by atoms with E-state index < -0.39 is 18.6 Å². The Bertz CT molecular complexity index is 1040. The molecule has 0 atom stereocenters. The molecule has 5 nitrogen and oxygen atoms in total. The molecule has 4 rings (SSSR count). The summed E-state index contributed by atoms with van der Waals surface area (Å²) in [7, 11) is 0. The van der Waals surface area contributed by atoms with Gasteiger partial charge in [0.05, 0.1) is 18.8 Å². The van der Waals surface area contributed by atoms with Gasteiger partial charge < -0.3 is 10.2 Å². The van der Waals surface area contributed by atoms with Crippen LogP contribution in [0.15, 0.2) is 54.7 Å². The molecule has 0 radical (unpaired) electrons. The number of benzene rings is 2. The van der Waals surface area contributed by atoms with Crippen molar-refractivity contribution in [3.63, 3.8) is 0 Å². The van der Waals surface area contributed by atoms with Gasteiger partial charge in [0, 0.05) is 29.6 Å². The van der Waals surface area contributed by atoms with Crippen molar-refractivity contribution in [1.82, 2.24) is 15.1 Å². The number of amides is 1. The molecule has 1 aliphatic heterocycles. The van der Waals surface area contributed by atoms with Crippen LogP contribution in [-0.4, -0.2) is 28.4 Å². The lowest BCUT2D eigenvalue weighted by atomic mass is 10.1. The summed E-state index contributed by atoms with van der Waals surface area (Å²) in [5.41, 5.74) is 3.76. The van der Waals surface area contributed by atoms with Crippen molar-refractivity contribution in [3.8, 4) is 0 Å². The summed E-state index contributed by atoms with van der Waals surface area (Å²) >= 11 is 0. The SMILES string of the molecule is O=C(NCC(F)(F)F)c1cccc(N2Cc3cn(Cc4ccc(F)cc4)nc3C2)c1. The molecule has 1 aliphatic rings. The van der Waals surface area contributed by atoms with Crippen LogP contribution in [0.5, 0.6) is 0 Å². The Labute approximate surface area is 169 Å². The molecule has 0 fully saturated rings. The minimum atomic E-state index is -4.45. The zero-order chi connectivity index (χ0) is 21.3. The third-order valence-electron chi connectivity index (χ3n) is 4.81. The number of halogens is 4. The maximum Gasteiger partial charge on any atom is 0.405 e. The lowest BCUT2D eigenvalue weighted by molar-refractivity contribution is -0.123. The van der Waals surface area contributed by atoms with Crippen LogP contribution in [0.3, 0.4) is 0 Å². The smallest absolute Gasteiger partial charge is 0.361 e. The van der Waals surface area contributed by atoms with E-state index in [1.165, 1.54) is 18.2 Å². The minimum Gasteiger partial charge on any atom is -0.361 e. The number of nitrogens with one attached hydrogen (secondary N) is 1. The third-order valence-corrected chi connectivity index (χ3v) is 4.81. The number of fused-ring (bicyclic) bond motifs is 1. The number of nitrogens with zero attached hydrogens (tertiary/aromatic N) is 3. The molecule has 9 heteroatoms. The van der Waals surface area contributed by atoms with Gasteiger partial charge in [-0.2, -0.15) is 18.3 Å². The quantitative estimate of drug-likeness (QED) is 0.640. The predicted molar refractivity (Wildman–Crippen MR) is 102 cm³/mol. The van der Waals surface area contributed by atoms with Gasteiger partial charge in [0.15, 0.2) is 0 Å². The largest absolute Gasteiger partial charge is 0.405 e. The summed E-state index contributed by atoms with van der Waals surface area (Å²) in [5.74, 6) is -1.05. The molecule has 0 saturated heterocycles. The molecule has 2 heterocycles. The predicted octanol–water partition coefficient (Wildman–Crippen LogP) is 3.88. The van der Waals surface area contributed by atoms with E-state index in [0.29, 0.717) is 19.6 Å². The van der Waals surface area contributed by atoms with Crippen LogP contribution >= 0.6 is 0 Å². The van der Waals surface area contributed by atoms with Gasteiger partial charge in [0.1, 0.15) is 12.4 Å². The minimum absolute atomic E-state index is 0.169. The highest BCUT2D eigenvalue weighted by atomic mass is 19.4. The van der Waals surface area contributed by atoms with Crippen LogP contribution in [0.4, 0.5) is 23.2 Å². The lowest BCUT2D eigenvalue weighted by Gasteiger charge is -2.19. The second-order valence-corrected chi connectivity index (χ2v) is 7.13. The third kappa shape index (κ3) is 4.61. The Kier molecular flexibility index (Phi) is 5.19. The van der Waals surface area contributed by atoms with Gasteiger partial charge in [0.25, 0.3) is 5.91 Å². The first kappa shape index (κ1) is 19.9. The molecule has 1 amide bonds. The summed E-state index contributed by atoms with van der Waals surface area (Å²) in [6.45, 7) is 0.265. The molecule has 3 aromatic rings. The number of hydrogen-bond donors (Lipinski definition) is 1. The first-order valence-corrected chi connectivity index (χ1v) is 9.26. The highest BCUT2D eigenvalue weighted by molar-refractivity contribution is 5.95. The average molecular weight is 418 g/mol. The van der Waals surface area contributed by atoms with E-state index >= 15 is 0 Å². The summed E-state index contributed by atoms with van der Waals surface area (Å²) in [6, 6.07) is 12.7. The van der Waals surface area contributed by atoms with Crippen molar-refractivity contribution in [3.05, 3.63) is 82.9 Å². The molecule has 156 valence electrons. The summed E-state index contributed by atoms with van der Waals surface area (Å²) < 4.78 is 51.8. The fraction of sp³-hybridized carbons (Fsp3) is 0.238. The Balaban J connectivity index is 1.41. The molecule has 0 unspecified atom stereocenters. The monoisotopic (exact) mass is 418 g/mol. The molecule has 1 aromatic heterocycles. The van der Waals surface area contributed by atoms with E-state index in [1.54, 1.807) is 35.0 Å². The van der Waals surface area contributed by atoms with Gasteiger partial charge in [-0.25, -0.2) is 4.39 Å². The van der Waals surface area contributed by atoms with Crippen LogP contribution in [0.2, 0.25) is 0 Å². The Morgan fingerprint density at radius 2 is 1.87 bits per heavy atom. The van der Waals surface area contributed by atoms with E-state index in [9.17, 15) is 22.4 Å². The van der Waals surface area contributed by atoms with E-state index in [0.717, 1.165) is 22.5 Å². The van der Waals surface area contributed by atoms with Gasteiger partial charge in [-0.15, -0.1) is 0 Å². The Hall–Kier alpha value is -3.36. The first-order valence-electron chi connectivity index (χ1n) is 9.26. The topological polar surface area (TPSA) is 50.2 Å². The number of aromatic nitrogens is 2. The zero-order valence-corrected chi connectivity index (χ0v) is 15.8. The van der Waals surface area contributed by atoms with E-state index in [4.69, 9.17) is 0 Å². The van der Waals surface area contributed by atoms with Gasteiger partial charge in [-0.3, -0.25) is 9.48 Å². The van der Waals surface area contributed by atoms with Gasteiger partial charge >= 0.3 is 6.18 Å². The highest BCUT2D eigenvalue weighted by Crippen LogP contribution is 2.28. The van der Waals surface area contributed by atoms with Crippen molar-refractivity contribution in [2.45, 2.75) is 25.8 Å². The normalized spacial score (nSPS) is 13.4. The molecular weight excluding hydrogens is 400 g/mol. The Morgan fingerprint density at radius 3 is 2.57 bits per heavy atom. The number of rotatable bonds is 5. The van der Waals surface area contributed by atoms with E-state index in [1.807, 2.05) is 16.4 Å². The molecule has 1 N–H and O–H groups in total. The number of hydrogen-bond acceptors (Lipinski definition) is 3. The van der Waals surface area contributed by atoms with Gasteiger partial charge in [-0.05, 0) is 35.9 Å². The zero-order valence-electron chi connectivity index (χ0n) is 15.8. The van der Waals surface area contributed by atoms with Crippen LogP contribution < -0.4 is 10.2 Å². The second-order valence-electron chi connectivity index (χ2n) is 7.13. The average Bonchev–Trinajstić information content (AvgIpc) is 3.26. The van der Waals surface area contributed by atoms with Crippen LogP contribution in [0.1, 0.15) is 27.2 Å². The summed E-state index contributed by atoms with van der Waals surface area (Å²) in [5, 5.41) is 6.46. The van der Waals surface area contributed by atoms with Crippen molar-refractivity contribution < 1.29 is 22.4 Å². The number of carbonyl (C=O) groups is 1. The van der Waals surface area contributed by atoms with E-state index in [2.05, 4.69) is 5.10 Å². The summed E-state index contributed by atoms with van der Waals surface area (Å²) in [4.78, 5) is 14.0. The maximum atomic E-state index is 13.0. The van der Waals surface area contributed by atoms with Crippen molar-refractivity contribution in [2.24, 2.45) is 0 Å². The van der Waals surface area contributed by atoms with Crippen molar-refractivity contribution >= 4 is 11.6 Å². The maximum absolute atomic E-state index is 13.0. The molecule has 0 bridgehead atoms. The highest BCUT2D eigenvalue weighted by Gasteiger charge is 2.28. The number of alkyl halides is 3. The first-order chi connectivity index (χ1) is 14.3. The van der Waals surface area contributed by atoms with Crippen molar-refractivity contribution in [1.29, 1.82) is 0 Å². The number of anilines is 1. The second kappa shape index (κ2) is 7.81. The fourth-order valence-electron chi connectivity index (χ4n) is 3.38. The Morgan fingerprint density at radius 1 is 1.10 bits per heavy atom. The molecule has 0 saturated carbocycles. The molecule has 2 aromatic carbocycles. The molecule has 0 aliphatic carbocycles. The van der Waals surface area contributed by atoms with Gasteiger partial charge in [0.2, 0.25) is 0 Å². The number of carbonyl (C=O) groups excluding carboxylic acids is 1. The lowest BCUT2D eigenvalue weighted by Crippen LogP contribution is -2.33. The summed E-state index contributed by atoms with van der Waals surface area (Å²) in [6.07, 6.45) is -2.53. The molecule has 0 spiro atoms. The molecule has 30 heavy (non-hydrogen) atoms.